The molecule has 0 saturated heterocycles. The summed E-state index contributed by atoms with van der Waals surface area (Å²) >= 11 is 3.43. The van der Waals surface area contributed by atoms with E-state index in [9.17, 15) is 0 Å². The van der Waals surface area contributed by atoms with Gasteiger partial charge in [0.25, 0.3) is 0 Å². The fourth-order valence-electron chi connectivity index (χ4n) is 1.88. The first-order valence-corrected chi connectivity index (χ1v) is 6.27. The number of amidine groups is 1. The summed E-state index contributed by atoms with van der Waals surface area (Å²) in [5.74, 6) is 0.941. The Morgan fingerprint density at radius 1 is 1.00 bits per heavy atom. The van der Waals surface area contributed by atoms with Crippen molar-refractivity contribution < 1.29 is 0 Å². The summed E-state index contributed by atoms with van der Waals surface area (Å²) in [6, 6.07) is 16.4. The Hall–Kier alpha value is -1.61. The molecule has 2 nitrogen and oxygen atoms in total. The van der Waals surface area contributed by atoms with E-state index in [1.54, 1.807) is 0 Å². The van der Waals surface area contributed by atoms with Crippen LogP contribution in [0.2, 0.25) is 0 Å². The highest BCUT2D eigenvalue weighted by Gasteiger charge is 2.11. The van der Waals surface area contributed by atoms with E-state index in [4.69, 9.17) is 0 Å². The molecule has 0 amide bonds. The van der Waals surface area contributed by atoms with Gasteiger partial charge in [-0.25, -0.2) is 0 Å². The predicted octanol–water partition coefficient (Wildman–Crippen LogP) is 3.82. The van der Waals surface area contributed by atoms with Crippen molar-refractivity contribution in [3.8, 4) is 0 Å². The second-order valence-electron chi connectivity index (χ2n) is 3.95. The molecular formula is C14H11BrN2. The van der Waals surface area contributed by atoms with E-state index in [1.165, 1.54) is 5.56 Å². The van der Waals surface area contributed by atoms with Crippen LogP contribution in [0, 0.1) is 0 Å². The van der Waals surface area contributed by atoms with Crippen molar-refractivity contribution in [2.24, 2.45) is 4.99 Å². The van der Waals surface area contributed by atoms with Gasteiger partial charge in [-0.15, -0.1) is 0 Å². The number of rotatable bonds is 1. The molecule has 0 atom stereocenters. The molecule has 0 fully saturated rings. The molecule has 84 valence electrons. The van der Waals surface area contributed by atoms with Crippen LogP contribution in [0.5, 0.6) is 0 Å². The second kappa shape index (κ2) is 4.34. The largest absolute Gasteiger partial charge is 0.340 e. The van der Waals surface area contributed by atoms with Crippen LogP contribution in [-0.2, 0) is 6.54 Å². The molecule has 2 aromatic rings. The van der Waals surface area contributed by atoms with Crippen LogP contribution in [0.1, 0.15) is 11.1 Å². The Morgan fingerprint density at radius 3 is 2.59 bits per heavy atom. The highest BCUT2D eigenvalue weighted by molar-refractivity contribution is 9.10. The molecule has 1 heterocycles. The predicted molar refractivity (Wildman–Crippen MR) is 74.4 cm³/mol. The van der Waals surface area contributed by atoms with Gasteiger partial charge in [-0.1, -0.05) is 46.3 Å². The maximum atomic E-state index is 4.56. The van der Waals surface area contributed by atoms with Crippen LogP contribution in [0.15, 0.2) is 58.0 Å². The molecule has 0 unspecified atom stereocenters. The standard InChI is InChI=1S/C14H11BrN2/c15-12-7-5-10(6-8-12)14-16-9-11-3-1-2-4-13(11)17-14/h1-8H,9H2,(H,16,17). The Balaban J connectivity index is 1.93. The number of nitrogens with zero attached hydrogens (tertiary/aromatic N) is 1. The van der Waals surface area contributed by atoms with Crippen molar-refractivity contribution in [3.63, 3.8) is 0 Å². The minimum atomic E-state index is 0.745. The molecule has 0 aromatic heterocycles. The van der Waals surface area contributed by atoms with E-state index in [2.05, 4.69) is 50.5 Å². The summed E-state index contributed by atoms with van der Waals surface area (Å²) < 4.78 is 1.08. The third-order valence-electron chi connectivity index (χ3n) is 2.80. The smallest absolute Gasteiger partial charge is 0.133 e. The van der Waals surface area contributed by atoms with Crippen molar-refractivity contribution in [3.05, 3.63) is 64.1 Å². The molecule has 0 radical (unpaired) electrons. The lowest BCUT2D eigenvalue weighted by Gasteiger charge is -2.18. The third-order valence-corrected chi connectivity index (χ3v) is 3.32. The van der Waals surface area contributed by atoms with Crippen molar-refractivity contribution in [1.29, 1.82) is 0 Å². The summed E-state index contributed by atoms with van der Waals surface area (Å²) in [4.78, 5) is 4.56. The van der Waals surface area contributed by atoms with Gasteiger partial charge in [0.2, 0.25) is 0 Å². The summed E-state index contributed by atoms with van der Waals surface area (Å²) in [6.07, 6.45) is 0. The lowest BCUT2D eigenvalue weighted by atomic mass is 10.1. The fourth-order valence-corrected chi connectivity index (χ4v) is 2.15. The number of aliphatic imine (C=N–C) groups is 1. The molecule has 1 aliphatic heterocycles. The van der Waals surface area contributed by atoms with Gasteiger partial charge in [0.1, 0.15) is 5.84 Å². The molecule has 0 bridgehead atoms. The Kier molecular flexibility index (Phi) is 2.69. The van der Waals surface area contributed by atoms with Crippen molar-refractivity contribution in [1.82, 2.24) is 0 Å². The average molecular weight is 287 g/mol. The molecule has 1 N–H and O–H groups in total. The summed E-state index contributed by atoms with van der Waals surface area (Å²) in [7, 11) is 0. The van der Waals surface area contributed by atoms with E-state index < -0.39 is 0 Å². The topological polar surface area (TPSA) is 24.4 Å². The van der Waals surface area contributed by atoms with Crippen LogP contribution in [0.25, 0.3) is 0 Å². The van der Waals surface area contributed by atoms with Crippen LogP contribution in [-0.4, -0.2) is 5.84 Å². The monoisotopic (exact) mass is 286 g/mol. The quantitative estimate of drug-likeness (QED) is 0.847. The molecule has 0 aliphatic carbocycles. The van der Waals surface area contributed by atoms with Crippen LogP contribution >= 0.6 is 15.9 Å². The first-order chi connectivity index (χ1) is 8.33. The number of para-hydroxylation sites is 1. The first kappa shape index (κ1) is 10.5. The highest BCUT2D eigenvalue weighted by Crippen LogP contribution is 2.22. The Morgan fingerprint density at radius 2 is 1.76 bits per heavy atom. The van der Waals surface area contributed by atoms with Gasteiger partial charge in [-0.05, 0) is 23.8 Å². The first-order valence-electron chi connectivity index (χ1n) is 5.48. The number of nitrogens with one attached hydrogen (secondary N) is 1. The SMILES string of the molecule is Brc1ccc(C2=NCc3ccccc3N2)cc1. The number of hydrogen-bond donors (Lipinski definition) is 1. The van der Waals surface area contributed by atoms with E-state index in [-0.39, 0.29) is 0 Å². The number of halogens is 1. The zero-order chi connectivity index (χ0) is 11.7. The van der Waals surface area contributed by atoms with Gasteiger partial charge in [-0.3, -0.25) is 4.99 Å². The molecular weight excluding hydrogens is 276 g/mol. The van der Waals surface area contributed by atoms with E-state index in [0.29, 0.717) is 0 Å². The molecule has 1 aliphatic rings. The van der Waals surface area contributed by atoms with Gasteiger partial charge in [0, 0.05) is 15.7 Å². The van der Waals surface area contributed by atoms with E-state index >= 15 is 0 Å². The van der Waals surface area contributed by atoms with Crippen molar-refractivity contribution in [2.45, 2.75) is 6.54 Å². The minimum absolute atomic E-state index is 0.745. The molecule has 3 rings (SSSR count). The van der Waals surface area contributed by atoms with Gasteiger partial charge in [0.15, 0.2) is 0 Å². The number of anilines is 1. The lowest BCUT2D eigenvalue weighted by molar-refractivity contribution is 1.05. The van der Waals surface area contributed by atoms with E-state index in [1.807, 2.05) is 24.3 Å². The number of benzene rings is 2. The third kappa shape index (κ3) is 2.11. The Labute approximate surface area is 109 Å². The van der Waals surface area contributed by atoms with Crippen LogP contribution < -0.4 is 5.32 Å². The lowest BCUT2D eigenvalue weighted by Crippen LogP contribution is -2.18. The van der Waals surface area contributed by atoms with Crippen molar-refractivity contribution >= 4 is 27.5 Å². The Bertz CT molecular complexity index is 573. The van der Waals surface area contributed by atoms with Gasteiger partial charge >= 0.3 is 0 Å². The molecule has 3 heteroatoms. The van der Waals surface area contributed by atoms with E-state index in [0.717, 1.165) is 28.1 Å². The van der Waals surface area contributed by atoms with Crippen LogP contribution in [0.4, 0.5) is 5.69 Å². The summed E-state index contributed by atoms with van der Waals surface area (Å²) in [6.45, 7) is 0.745. The minimum Gasteiger partial charge on any atom is -0.340 e. The second-order valence-corrected chi connectivity index (χ2v) is 4.87. The molecule has 2 aromatic carbocycles. The van der Waals surface area contributed by atoms with Gasteiger partial charge < -0.3 is 5.32 Å². The number of hydrogen-bond acceptors (Lipinski definition) is 2. The van der Waals surface area contributed by atoms with Gasteiger partial charge in [-0.2, -0.15) is 0 Å². The summed E-state index contributed by atoms with van der Waals surface area (Å²) in [5, 5.41) is 3.37. The molecule has 17 heavy (non-hydrogen) atoms. The fraction of sp³-hybridized carbons (Fsp3) is 0.0714. The number of fused-ring (bicyclic) bond motifs is 1. The molecule has 0 spiro atoms. The summed E-state index contributed by atoms with van der Waals surface area (Å²) in [5.41, 5.74) is 3.51. The highest BCUT2D eigenvalue weighted by atomic mass is 79.9. The maximum Gasteiger partial charge on any atom is 0.133 e. The zero-order valence-corrected chi connectivity index (χ0v) is 10.7. The zero-order valence-electron chi connectivity index (χ0n) is 9.15. The normalized spacial score (nSPS) is 13.6. The van der Waals surface area contributed by atoms with Crippen molar-refractivity contribution in [2.75, 3.05) is 5.32 Å². The van der Waals surface area contributed by atoms with Crippen LogP contribution in [0.3, 0.4) is 0 Å². The maximum absolute atomic E-state index is 4.56. The average Bonchev–Trinajstić information content (AvgIpc) is 2.39. The molecule has 0 saturated carbocycles. The van der Waals surface area contributed by atoms with Gasteiger partial charge in [0.05, 0.1) is 6.54 Å².